The number of benzene rings is 4. The first-order chi connectivity index (χ1) is 18.4. The Balaban J connectivity index is 1.46. The second kappa shape index (κ2) is 11.4. The lowest BCUT2D eigenvalue weighted by Crippen LogP contribution is -2.20. The summed E-state index contributed by atoms with van der Waals surface area (Å²) in [5.74, 6) is 1.12. The fourth-order valence-electron chi connectivity index (χ4n) is 3.84. The van der Waals surface area contributed by atoms with E-state index in [2.05, 4.69) is 50.3 Å². The topological polar surface area (TPSA) is 99.6 Å². The molecule has 0 radical (unpaired) electrons. The molecule has 0 aliphatic heterocycles. The second-order valence-corrected chi connectivity index (χ2v) is 10.5. The molecule has 0 unspecified atom stereocenters. The van der Waals surface area contributed by atoms with Gasteiger partial charge in [-0.2, -0.15) is 9.78 Å². The summed E-state index contributed by atoms with van der Waals surface area (Å²) in [7, 11) is 0. The van der Waals surface area contributed by atoms with Crippen molar-refractivity contribution in [2.24, 2.45) is 5.10 Å². The minimum absolute atomic E-state index is 0.0235. The first-order valence-electron chi connectivity index (χ1n) is 11.4. The number of nitrogens with zero attached hydrogens (tertiary/aromatic N) is 4. The molecule has 0 fully saturated rings. The molecule has 0 N–H and O–H groups in total. The van der Waals surface area contributed by atoms with Crippen molar-refractivity contribution in [1.82, 2.24) is 9.66 Å². The van der Waals surface area contributed by atoms with Crippen molar-refractivity contribution in [1.29, 1.82) is 0 Å². The van der Waals surface area contributed by atoms with Crippen LogP contribution in [0.1, 0.15) is 11.1 Å². The predicted molar refractivity (Wildman–Crippen MR) is 164 cm³/mol. The normalized spacial score (nSPS) is 11.2. The Hall–Kier alpha value is -3.65. The van der Waals surface area contributed by atoms with E-state index in [9.17, 15) is 14.9 Å². The Morgan fingerprint density at radius 2 is 1.66 bits per heavy atom. The van der Waals surface area contributed by atoms with E-state index in [0.29, 0.717) is 28.0 Å². The largest absolute Gasteiger partial charge is 0.487 e. The summed E-state index contributed by atoms with van der Waals surface area (Å²) in [4.78, 5) is 28.7. The molecule has 0 aliphatic rings. The Bertz CT molecular complexity index is 1730. The van der Waals surface area contributed by atoms with Gasteiger partial charge in [-0.05, 0) is 80.6 Å². The van der Waals surface area contributed by atoms with Gasteiger partial charge >= 0.3 is 0 Å². The van der Waals surface area contributed by atoms with Crippen LogP contribution in [-0.2, 0) is 6.61 Å². The summed E-state index contributed by atoms with van der Waals surface area (Å²) in [6.07, 6.45) is 1.62. The molecule has 5 rings (SSSR count). The van der Waals surface area contributed by atoms with Gasteiger partial charge < -0.3 is 4.74 Å². The van der Waals surface area contributed by atoms with Crippen LogP contribution in [0.4, 0.5) is 5.69 Å². The molecule has 0 spiro atoms. The Morgan fingerprint density at radius 3 is 2.39 bits per heavy atom. The van der Waals surface area contributed by atoms with Crippen LogP contribution in [0.3, 0.4) is 0 Å². The summed E-state index contributed by atoms with van der Waals surface area (Å²) in [5.41, 5.74) is 2.63. The molecule has 0 aliphatic carbocycles. The molecular weight excluding hydrogens is 710 g/mol. The fourth-order valence-corrected chi connectivity index (χ4v) is 5.96. The summed E-state index contributed by atoms with van der Waals surface area (Å²) in [6.45, 7) is 0.194. The third-order valence-corrected chi connectivity index (χ3v) is 7.24. The van der Waals surface area contributed by atoms with Crippen LogP contribution in [0, 0.1) is 17.3 Å². The third kappa shape index (κ3) is 5.60. The van der Waals surface area contributed by atoms with E-state index in [4.69, 9.17) is 9.72 Å². The van der Waals surface area contributed by atoms with Gasteiger partial charge in [-0.3, -0.25) is 14.9 Å². The van der Waals surface area contributed by atoms with Crippen molar-refractivity contribution < 1.29 is 9.66 Å². The van der Waals surface area contributed by atoms with Crippen molar-refractivity contribution in [3.63, 3.8) is 0 Å². The van der Waals surface area contributed by atoms with E-state index in [1.807, 2.05) is 54.6 Å². The number of nitro benzene ring substituents is 1. The van der Waals surface area contributed by atoms with Gasteiger partial charge in [0.05, 0.1) is 29.2 Å². The second-order valence-electron chi connectivity index (χ2n) is 8.21. The van der Waals surface area contributed by atoms with E-state index in [-0.39, 0.29) is 17.9 Å². The van der Waals surface area contributed by atoms with Crippen LogP contribution in [-0.4, -0.2) is 20.8 Å². The molecule has 8 nitrogen and oxygen atoms in total. The molecule has 1 heterocycles. The smallest absolute Gasteiger partial charge is 0.282 e. The first-order valence-corrected chi connectivity index (χ1v) is 13.5. The molecule has 0 atom stereocenters. The molecule has 0 saturated carbocycles. The van der Waals surface area contributed by atoms with Crippen LogP contribution >= 0.6 is 45.2 Å². The van der Waals surface area contributed by atoms with Gasteiger partial charge in [0.15, 0.2) is 5.82 Å². The number of para-hydroxylation sites is 1. The average Bonchev–Trinajstić information content (AvgIpc) is 2.92. The van der Waals surface area contributed by atoms with Crippen molar-refractivity contribution in [2.45, 2.75) is 6.61 Å². The van der Waals surface area contributed by atoms with Crippen molar-refractivity contribution >= 4 is 68.0 Å². The zero-order chi connectivity index (χ0) is 26.6. The zero-order valence-electron chi connectivity index (χ0n) is 19.6. The molecule has 0 bridgehead atoms. The van der Waals surface area contributed by atoms with Gasteiger partial charge in [-0.25, -0.2) is 4.98 Å². The quantitative estimate of drug-likeness (QED) is 0.0810. The number of halogens is 2. The highest BCUT2D eigenvalue weighted by Gasteiger charge is 2.13. The molecule has 5 aromatic rings. The van der Waals surface area contributed by atoms with Gasteiger partial charge in [0.2, 0.25) is 0 Å². The number of hydrogen-bond donors (Lipinski definition) is 0. The van der Waals surface area contributed by atoms with E-state index in [1.165, 1.54) is 16.8 Å². The minimum atomic E-state index is -0.426. The molecule has 4 aromatic carbocycles. The summed E-state index contributed by atoms with van der Waals surface area (Å²) >= 11 is 4.36. The number of nitro groups is 1. The molecular formula is C28H18I2N4O4. The number of rotatable bonds is 7. The van der Waals surface area contributed by atoms with E-state index in [1.54, 1.807) is 30.5 Å². The van der Waals surface area contributed by atoms with E-state index in [0.717, 1.165) is 18.3 Å². The van der Waals surface area contributed by atoms with Crippen LogP contribution < -0.4 is 10.3 Å². The predicted octanol–water partition coefficient (Wildman–Crippen LogP) is 6.64. The number of fused-ring (bicyclic) bond motifs is 1. The number of non-ortho nitro benzene ring substituents is 1. The number of ether oxygens (including phenoxy) is 1. The summed E-state index contributed by atoms with van der Waals surface area (Å²) in [5, 5.41) is 16.1. The maximum Gasteiger partial charge on any atom is 0.282 e. The minimum Gasteiger partial charge on any atom is -0.487 e. The van der Waals surface area contributed by atoms with E-state index < -0.39 is 4.92 Å². The van der Waals surface area contributed by atoms with Gasteiger partial charge in [-0.1, -0.05) is 54.6 Å². The standard InChI is InChI=1S/C28H18I2N4O4/c29-23-14-19(15-24(30)26(23)38-17-18-7-6-10-21(13-18)34(36)37)16-31-33-27(20-8-2-1-3-9-20)32-25-12-5-4-11-22(25)28(33)35/h1-16H,17H2. The van der Waals surface area contributed by atoms with Crippen molar-refractivity contribution in [2.75, 3.05) is 0 Å². The lowest BCUT2D eigenvalue weighted by atomic mass is 10.2. The van der Waals surface area contributed by atoms with Crippen LogP contribution in [0.2, 0.25) is 0 Å². The number of hydrogen-bond acceptors (Lipinski definition) is 6. The third-order valence-electron chi connectivity index (χ3n) is 5.63. The monoisotopic (exact) mass is 728 g/mol. The molecule has 10 heteroatoms. The fraction of sp³-hybridized carbons (Fsp3) is 0.0357. The highest BCUT2D eigenvalue weighted by Crippen LogP contribution is 2.30. The average molecular weight is 728 g/mol. The van der Waals surface area contributed by atoms with Gasteiger partial charge in [0, 0.05) is 17.7 Å². The number of aromatic nitrogens is 2. The Kier molecular flexibility index (Phi) is 7.79. The van der Waals surface area contributed by atoms with Gasteiger partial charge in [0.1, 0.15) is 12.4 Å². The van der Waals surface area contributed by atoms with Gasteiger partial charge in [0.25, 0.3) is 11.2 Å². The van der Waals surface area contributed by atoms with Crippen LogP contribution in [0.5, 0.6) is 5.75 Å². The lowest BCUT2D eigenvalue weighted by molar-refractivity contribution is -0.384. The highest BCUT2D eigenvalue weighted by molar-refractivity contribution is 14.1. The molecule has 0 saturated heterocycles. The summed E-state index contributed by atoms with van der Waals surface area (Å²) < 4.78 is 9.01. The zero-order valence-corrected chi connectivity index (χ0v) is 23.9. The Morgan fingerprint density at radius 1 is 0.947 bits per heavy atom. The maximum atomic E-state index is 13.4. The summed E-state index contributed by atoms with van der Waals surface area (Å²) in [6, 6.07) is 26.9. The van der Waals surface area contributed by atoms with Crippen LogP contribution in [0.25, 0.3) is 22.3 Å². The van der Waals surface area contributed by atoms with Gasteiger partial charge in [-0.15, -0.1) is 0 Å². The van der Waals surface area contributed by atoms with Crippen molar-refractivity contribution in [3.8, 4) is 17.1 Å². The van der Waals surface area contributed by atoms with Crippen molar-refractivity contribution in [3.05, 3.63) is 130 Å². The molecule has 0 amide bonds. The maximum absolute atomic E-state index is 13.4. The molecule has 188 valence electrons. The van der Waals surface area contributed by atoms with Crippen LogP contribution in [0.15, 0.2) is 101 Å². The molecule has 1 aromatic heterocycles. The SMILES string of the molecule is O=c1c2ccccc2nc(-c2ccccc2)n1N=Cc1cc(I)c(OCc2cccc([N+](=O)[O-])c2)c(I)c1. The molecule has 38 heavy (non-hydrogen) atoms. The Labute approximate surface area is 244 Å². The first kappa shape index (κ1) is 26.0. The lowest BCUT2D eigenvalue weighted by Gasteiger charge is -2.12. The highest BCUT2D eigenvalue weighted by atomic mass is 127. The van der Waals surface area contributed by atoms with E-state index >= 15 is 0 Å².